The Labute approximate surface area is 165 Å². The normalized spacial score (nSPS) is 17.0. The fourth-order valence-electron chi connectivity index (χ4n) is 4.04. The molecule has 4 heterocycles. The van der Waals surface area contributed by atoms with E-state index >= 15 is 0 Å². The first-order valence-electron chi connectivity index (χ1n) is 9.51. The van der Waals surface area contributed by atoms with Gasteiger partial charge in [-0.05, 0) is 31.0 Å². The van der Waals surface area contributed by atoms with Crippen molar-refractivity contribution in [2.45, 2.75) is 18.9 Å². The molecule has 148 valence electrons. The van der Waals surface area contributed by atoms with Crippen molar-refractivity contribution in [3.63, 3.8) is 0 Å². The first-order valence-corrected chi connectivity index (χ1v) is 9.51. The van der Waals surface area contributed by atoms with Crippen LogP contribution in [0.25, 0.3) is 11.0 Å². The van der Waals surface area contributed by atoms with Crippen LogP contribution < -0.4 is 15.7 Å². The first kappa shape index (κ1) is 17.5. The molecular weight excluding hydrogens is 374 g/mol. The van der Waals surface area contributed by atoms with Crippen molar-refractivity contribution in [3.8, 4) is 5.88 Å². The Morgan fingerprint density at radius 3 is 2.79 bits per heavy atom. The lowest BCUT2D eigenvalue weighted by Crippen LogP contribution is -2.40. The number of amides is 2. The Balaban J connectivity index is 1.32. The molecule has 29 heavy (non-hydrogen) atoms. The topological polar surface area (TPSA) is 109 Å². The molecule has 5 rings (SSSR count). The number of imidazole rings is 1. The fourth-order valence-corrected chi connectivity index (χ4v) is 4.04. The number of anilines is 1. The van der Waals surface area contributed by atoms with Crippen molar-refractivity contribution in [1.82, 2.24) is 19.4 Å². The summed E-state index contributed by atoms with van der Waals surface area (Å²) in [5.74, 6) is -0.0997. The molecule has 9 nitrogen and oxygen atoms in total. The van der Waals surface area contributed by atoms with Crippen LogP contribution in [0.1, 0.15) is 29.2 Å². The van der Waals surface area contributed by atoms with E-state index in [9.17, 15) is 14.4 Å². The second-order valence-electron chi connectivity index (χ2n) is 7.25. The number of nitrogens with zero attached hydrogens (tertiary/aromatic N) is 3. The zero-order valence-electron chi connectivity index (χ0n) is 15.6. The molecule has 2 amide bonds. The maximum atomic E-state index is 12.9. The van der Waals surface area contributed by atoms with Gasteiger partial charge in [0.1, 0.15) is 5.69 Å². The zero-order valence-corrected chi connectivity index (χ0v) is 15.6. The number of rotatable bonds is 2. The highest BCUT2D eigenvalue weighted by molar-refractivity contribution is 5.99. The third-order valence-electron chi connectivity index (χ3n) is 5.45. The molecular formula is C20H19N5O4. The van der Waals surface area contributed by atoms with Crippen LogP contribution in [-0.4, -0.2) is 50.9 Å². The lowest BCUT2D eigenvalue weighted by Gasteiger charge is -2.32. The van der Waals surface area contributed by atoms with Gasteiger partial charge >= 0.3 is 5.69 Å². The largest absolute Gasteiger partial charge is 0.466 e. The van der Waals surface area contributed by atoms with Gasteiger partial charge in [-0.3, -0.25) is 14.2 Å². The van der Waals surface area contributed by atoms with Crippen LogP contribution in [0.5, 0.6) is 5.88 Å². The van der Waals surface area contributed by atoms with Crippen LogP contribution in [0.2, 0.25) is 0 Å². The summed E-state index contributed by atoms with van der Waals surface area (Å²) >= 11 is 0. The zero-order chi connectivity index (χ0) is 20.0. The second-order valence-corrected chi connectivity index (χ2v) is 7.25. The van der Waals surface area contributed by atoms with Gasteiger partial charge in [-0.25, -0.2) is 9.78 Å². The van der Waals surface area contributed by atoms with Gasteiger partial charge in [0.25, 0.3) is 11.8 Å². The highest BCUT2D eigenvalue weighted by atomic mass is 16.5. The van der Waals surface area contributed by atoms with E-state index in [1.54, 1.807) is 15.5 Å². The molecule has 0 spiro atoms. The molecule has 2 aliphatic rings. The number of pyridine rings is 1. The maximum Gasteiger partial charge on any atom is 0.326 e. The fraction of sp³-hybridized carbons (Fsp3) is 0.300. The number of hydrogen-bond acceptors (Lipinski definition) is 5. The number of nitrogens with one attached hydrogen (secondary N) is 2. The van der Waals surface area contributed by atoms with Crippen LogP contribution in [0.15, 0.2) is 41.3 Å². The van der Waals surface area contributed by atoms with Crippen molar-refractivity contribution < 1.29 is 14.3 Å². The van der Waals surface area contributed by atoms with Crippen LogP contribution >= 0.6 is 0 Å². The van der Waals surface area contributed by atoms with Gasteiger partial charge in [-0.1, -0.05) is 12.1 Å². The van der Waals surface area contributed by atoms with Gasteiger partial charge in [0.2, 0.25) is 5.88 Å². The number of H-pyrrole nitrogens is 1. The second kappa shape index (κ2) is 6.77. The molecule has 2 aromatic heterocycles. The van der Waals surface area contributed by atoms with Gasteiger partial charge in [0, 0.05) is 25.3 Å². The molecule has 3 aromatic rings. The molecule has 0 unspecified atom stereocenters. The predicted molar refractivity (Wildman–Crippen MR) is 105 cm³/mol. The van der Waals surface area contributed by atoms with E-state index in [0.29, 0.717) is 43.1 Å². The Morgan fingerprint density at radius 1 is 1.17 bits per heavy atom. The summed E-state index contributed by atoms with van der Waals surface area (Å²) in [4.78, 5) is 45.6. The molecule has 0 atom stereocenters. The summed E-state index contributed by atoms with van der Waals surface area (Å²) in [5, 5.41) is 2.67. The summed E-state index contributed by atoms with van der Waals surface area (Å²) in [7, 11) is 0. The summed E-state index contributed by atoms with van der Waals surface area (Å²) in [6.45, 7) is 0.999. The van der Waals surface area contributed by atoms with Crippen molar-refractivity contribution in [3.05, 3.63) is 52.6 Å². The minimum Gasteiger partial charge on any atom is -0.466 e. The summed E-state index contributed by atoms with van der Waals surface area (Å²) in [6.07, 6.45) is 2.84. The van der Waals surface area contributed by atoms with E-state index in [1.165, 1.54) is 6.20 Å². The average molecular weight is 393 g/mol. The van der Waals surface area contributed by atoms with Crippen LogP contribution in [0, 0.1) is 0 Å². The highest BCUT2D eigenvalue weighted by Crippen LogP contribution is 2.28. The number of carbonyl (C=O) groups excluding carboxylic acids is 2. The highest BCUT2D eigenvalue weighted by Gasteiger charge is 2.28. The van der Waals surface area contributed by atoms with Gasteiger partial charge in [-0.2, -0.15) is 0 Å². The molecule has 0 saturated carbocycles. The number of ether oxygens (including phenoxy) is 1. The Kier molecular flexibility index (Phi) is 4.08. The lowest BCUT2D eigenvalue weighted by molar-refractivity contribution is -0.118. The Bertz CT molecular complexity index is 1170. The van der Waals surface area contributed by atoms with E-state index < -0.39 is 0 Å². The molecule has 2 N–H and O–H groups in total. The van der Waals surface area contributed by atoms with Gasteiger partial charge in [-0.15, -0.1) is 0 Å². The quantitative estimate of drug-likeness (QED) is 0.686. The molecule has 0 radical (unpaired) electrons. The van der Waals surface area contributed by atoms with E-state index in [-0.39, 0.29) is 30.2 Å². The number of fused-ring (bicyclic) bond motifs is 2. The van der Waals surface area contributed by atoms with Gasteiger partial charge in [0.15, 0.2) is 6.61 Å². The number of hydrogen-bond donors (Lipinski definition) is 2. The predicted octanol–water partition coefficient (Wildman–Crippen LogP) is 1.53. The number of para-hydroxylation sites is 2. The Hall–Kier alpha value is -3.62. The van der Waals surface area contributed by atoms with Crippen LogP contribution in [0.3, 0.4) is 0 Å². The lowest BCUT2D eigenvalue weighted by atomic mass is 10.0. The van der Waals surface area contributed by atoms with Crippen molar-refractivity contribution in [2.75, 3.05) is 25.0 Å². The number of likely N-dealkylation sites (tertiary alicyclic amines) is 1. The van der Waals surface area contributed by atoms with Gasteiger partial charge in [0.05, 0.1) is 16.6 Å². The molecule has 9 heteroatoms. The number of benzene rings is 1. The van der Waals surface area contributed by atoms with E-state index in [4.69, 9.17) is 4.74 Å². The van der Waals surface area contributed by atoms with E-state index in [2.05, 4.69) is 15.3 Å². The van der Waals surface area contributed by atoms with Crippen LogP contribution in [0.4, 0.5) is 5.69 Å². The molecule has 1 saturated heterocycles. The molecule has 0 aliphatic carbocycles. The SMILES string of the molecule is O=C1COc2ncc(C(=O)N3CCC(n4c(=O)[nH]c5ccccc54)CC3)cc2N1. The van der Waals surface area contributed by atoms with E-state index in [0.717, 1.165) is 11.0 Å². The molecule has 1 fully saturated rings. The summed E-state index contributed by atoms with van der Waals surface area (Å²) < 4.78 is 7.03. The minimum absolute atomic E-state index is 0.0389. The Morgan fingerprint density at radius 2 is 1.97 bits per heavy atom. The maximum absolute atomic E-state index is 12.9. The van der Waals surface area contributed by atoms with Crippen molar-refractivity contribution in [2.24, 2.45) is 0 Å². The average Bonchev–Trinajstić information content (AvgIpc) is 3.08. The van der Waals surface area contributed by atoms with Crippen molar-refractivity contribution >= 4 is 28.5 Å². The number of carbonyl (C=O) groups is 2. The molecule has 0 bridgehead atoms. The molecule has 2 aliphatic heterocycles. The first-order chi connectivity index (χ1) is 14.1. The summed E-state index contributed by atoms with van der Waals surface area (Å²) in [5.41, 5.74) is 2.40. The van der Waals surface area contributed by atoms with Gasteiger partial charge < -0.3 is 19.9 Å². The number of piperidine rings is 1. The third kappa shape index (κ3) is 3.04. The number of aromatic nitrogens is 3. The monoisotopic (exact) mass is 393 g/mol. The minimum atomic E-state index is -0.270. The third-order valence-corrected chi connectivity index (χ3v) is 5.45. The smallest absolute Gasteiger partial charge is 0.326 e. The van der Waals surface area contributed by atoms with E-state index in [1.807, 2.05) is 24.3 Å². The number of aromatic amines is 1. The standard InChI is InChI=1S/C20H19N5O4/c26-17-11-29-18-15(22-17)9-12(10-21-18)19(27)24-7-5-13(6-8-24)25-16-4-2-1-3-14(16)23-20(25)28/h1-4,9-10,13H,5-8,11H2,(H,22,26)(H,23,28). The van der Waals surface area contributed by atoms with Crippen LogP contribution in [-0.2, 0) is 4.79 Å². The summed E-state index contributed by atoms with van der Waals surface area (Å²) in [6, 6.07) is 9.26. The van der Waals surface area contributed by atoms with Crippen molar-refractivity contribution in [1.29, 1.82) is 0 Å². The molecule has 1 aromatic carbocycles.